The van der Waals surface area contributed by atoms with Crippen LogP contribution in [-0.2, 0) is 16.0 Å². The fourth-order valence-corrected chi connectivity index (χ4v) is 2.05. The molecule has 128 valence electrons. The van der Waals surface area contributed by atoms with Gasteiger partial charge in [-0.2, -0.15) is 0 Å². The van der Waals surface area contributed by atoms with Crippen molar-refractivity contribution >= 4 is 11.8 Å². The molecular formula is C17H26N2O4. The minimum atomic E-state index is -0.114. The highest BCUT2D eigenvalue weighted by atomic mass is 16.5. The molecule has 6 nitrogen and oxygen atoms in total. The molecule has 0 aromatic heterocycles. The molecule has 0 aliphatic rings. The molecule has 0 aliphatic carbocycles. The van der Waals surface area contributed by atoms with Crippen molar-refractivity contribution in [1.29, 1.82) is 0 Å². The third-order valence-corrected chi connectivity index (χ3v) is 3.34. The van der Waals surface area contributed by atoms with Crippen LogP contribution < -0.4 is 20.1 Å². The fraction of sp³-hybridized carbons (Fsp3) is 0.529. The summed E-state index contributed by atoms with van der Waals surface area (Å²) in [6, 6.07) is 5.67. The van der Waals surface area contributed by atoms with Crippen molar-refractivity contribution in [2.75, 3.05) is 27.3 Å². The van der Waals surface area contributed by atoms with Gasteiger partial charge in [-0.1, -0.05) is 13.0 Å². The average molecular weight is 322 g/mol. The second kappa shape index (κ2) is 10.5. The second-order valence-electron chi connectivity index (χ2n) is 5.14. The lowest BCUT2D eigenvalue weighted by Gasteiger charge is -2.10. The summed E-state index contributed by atoms with van der Waals surface area (Å²) in [5.74, 6) is 1.15. The first kappa shape index (κ1) is 18.8. The van der Waals surface area contributed by atoms with Gasteiger partial charge < -0.3 is 20.1 Å². The van der Waals surface area contributed by atoms with Gasteiger partial charge in [-0.25, -0.2) is 0 Å². The Morgan fingerprint density at radius 2 is 1.57 bits per heavy atom. The van der Waals surface area contributed by atoms with Crippen molar-refractivity contribution in [2.24, 2.45) is 0 Å². The molecule has 0 heterocycles. The Hall–Kier alpha value is -2.24. The van der Waals surface area contributed by atoms with Gasteiger partial charge in [0.2, 0.25) is 11.8 Å². The molecule has 0 fully saturated rings. The first-order valence-electron chi connectivity index (χ1n) is 7.85. The zero-order valence-electron chi connectivity index (χ0n) is 14.1. The molecule has 0 radical (unpaired) electrons. The molecule has 2 amide bonds. The highest BCUT2D eigenvalue weighted by molar-refractivity contribution is 5.83. The number of hydrogen-bond acceptors (Lipinski definition) is 4. The van der Waals surface area contributed by atoms with Gasteiger partial charge in [0.05, 0.1) is 14.2 Å². The second-order valence-corrected chi connectivity index (χ2v) is 5.14. The monoisotopic (exact) mass is 322 g/mol. The average Bonchev–Trinajstić information content (AvgIpc) is 2.57. The van der Waals surface area contributed by atoms with E-state index < -0.39 is 0 Å². The number of hydrogen-bond donors (Lipinski definition) is 2. The SMILES string of the molecule is CCCNC(=O)CCC(=O)NCCc1ccc(OC)c(OC)c1. The van der Waals surface area contributed by atoms with E-state index in [1.54, 1.807) is 14.2 Å². The van der Waals surface area contributed by atoms with Crippen LogP contribution in [0.25, 0.3) is 0 Å². The number of ether oxygens (including phenoxy) is 2. The maximum Gasteiger partial charge on any atom is 0.220 e. The van der Waals surface area contributed by atoms with Crippen molar-refractivity contribution in [3.8, 4) is 11.5 Å². The lowest BCUT2D eigenvalue weighted by Crippen LogP contribution is -2.29. The molecule has 0 saturated heterocycles. The largest absolute Gasteiger partial charge is 0.493 e. The van der Waals surface area contributed by atoms with Crippen LogP contribution in [0.1, 0.15) is 31.7 Å². The molecule has 0 saturated carbocycles. The Morgan fingerprint density at radius 3 is 2.13 bits per heavy atom. The summed E-state index contributed by atoms with van der Waals surface area (Å²) in [7, 11) is 3.18. The Labute approximate surface area is 137 Å². The number of nitrogens with one attached hydrogen (secondary N) is 2. The zero-order chi connectivity index (χ0) is 17.1. The molecule has 6 heteroatoms. The predicted octanol–water partition coefficient (Wildman–Crippen LogP) is 1.67. The Kier molecular flexibility index (Phi) is 8.57. The van der Waals surface area contributed by atoms with E-state index in [0.717, 1.165) is 12.0 Å². The fourth-order valence-electron chi connectivity index (χ4n) is 2.05. The highest BCUT2D eigenvalue weighted by Crippen LogP contribution is 2.27. The van der Waals surface area contributed by atoms with Crippen LogP contribution in [0.3, 0.4) is 0 Å². The first-order chi connectivity index (χ1) is 11.1. The molecule has 2 N–H and O–H groups in total. The summed E-state index contributed by atoms with van der Waals surface area (Å²) < 4.78 is 10.4. The topological polar surface area (TPSA) is 76.7 Å². The number of carbonyl (C=O) groups is 2. The maximum absolute atomic E-state index is 11.7. The van der Waals surface area contributed by atoms with E-state index in [9.17, 15) is 9.59 Å². The quantitative estimate of drug-likeness (QED) is 0.687. The van der Waals surface area contributed by atoms with Crippen LogP contribution in [0.2, 0.25) is 0 Å². The standard InChI is InChI=1S/C17H26N2O4/c1-4-10-18-16(20)7-8-17(21)19-11-9-13-5-6-14(22-2)15(12-13)23-3/h5-6,12H,4,7-11H2,1-3H3,(H,18,20)(H,19,21). The first-order valence-corrected chi connectivity index (χ1v) is 7.85. The van der Waals surface area contributed by atoms with Gasteiger partial charge >= 0.3 is 0 Å². The van der Waals surface area contributed by atoms with Crippen molar-refractivity contribution in [2.45, 2.75) is 32.6 Å². The zero-order valence-corrected chi connectivity index (χ0v) is 14.1. The number of rotatable bonds is 10. The minimum Gasteiger partial charge on any atom is -0.493 e. The van der Waals surface area contributed by atoms with Crippen molar-refractivity contribution in [1.82, 2.24) is 10.6 Å². The van der Waals surface area contributed by atoms with E-state index in [1.165, 1.54) is 0 Å². The molecule has 0 unspecified atom stereocenters. The third-order valence-electron chi connectivity index (χ3n) is 3.34. The van der Waals surface area contributed by atoms with E-state index in [1.807, 2.05) is 25.1 Å². The smallest absolute Gasteiger partial charge is 0.220 e. The molecular weight excluding hydrogens is 296 g/mol. The van der Waals surface area contributed by atoms with Gasteiger partial charge in [0.25, 0.3) is 0 Å². The Bertz CT molecular complexity index is 517. The molecule has 23 heavy (non-hydrogen) atoms. The van der Waals surface area contributed by atoms with Gasteiger partial charge in [0, 0.05) is 25.9 Å². The van der Waals surface area contributed by atoms with E-state index >= 15 is 0 Å². The Morgan fingerprint density at radius 1 is 0.957 bits per heavy atom. The van der Waals surface area contributed by atoms with Crippen molar-refractivity contribution in [3.05, 3.63) is 23.8 Å². The van der Waals surface area contributed by atoms with Crippen LogP contribution >= 0.6 is 0 Å². The number of amides is 2. The van der Waals surface area contributed by atoms with E-state index in [0.29, 0.717) is 31.0 Å². The van der Waals surface area contributed by atoms with Crippen molar-refractivity contribution in [3.63, 3.8) is 0 Å². The van der Waals surface area contributed by atoms with Gasteiger partial charge in [0.15, 0.2) is 11.5 Å². The summed E-state index contributed by atoms with van der Waals surface area (Å²) in [6.45, 7) is 3.16. The van der Waals surface area contributed by atoms with Crippen LogP contribution in [0.5, 0.6) is 11.5 Å². The predicted molar refractivity (Wildman–Crippen MR) is 88.8 cm³/mol. The van der Waals surface area contributed by atoms with Crippen LogP contribution in [-0.4, -0.2) is 39.1 Å². The molecule has 1 aromatic rings. The molecule has 0 aliphatic heterocycles. The lowest BCUT2D eigenvalue weighted by atomic mass is 10.1. The number of carbonyl (C=O) groups excluding carboxylic acids is 2. The van der Waals surface area contributed by atoms with E-state index in [4.69, 9.17) is 9.47 Å². The summed E-state index contributed by atoms with van der Waals surface area (Å²) in [5, 5.41) is 5.57. The Balaban J connectivity index is 2.31. The van der Waals surface area contributed by atoms with Gasteiger partial charge in [-0.3, -0.25) is 9.59 Å². The summed E-state index contributed by atoms with van der Waals surface area (Å²) >= 11 is 0. The highest BCUT2D eigenvalue weighted by Gasteiger charge is 2.07. The number of benzene rings is 1. The van der Waals surface area contributed by atoms with Crippen LogP contribution in [0, 0.1) is 0 Å². The summed E-state index contributed by atoms with van der Waals surface area (Å²) in [6.07, 6.45) is 2.01. The normalized spacial score (nSPS) is 10.0. The molecule has 1 rings (SSSR count). The van der Waals surface area contributed by atoms with Crippen LogP contribution in [0.4, 0.5) is 0 Å². The van der Waals surface area contributed by atoms with E-state index in [-0.39, 0.29) is 24.7 Å². The van der Waals surface area contributed by atoms with E-state index in [2.05, 4.69) is 10.6 Å². The van der Waals surface area contributed by atoms with Crippen LogP contribution in [0.15, 0.2) is 18.2 Å². The number of methoxy groups -OCH3 is 2. The summed E-state index contributed by atoms with van der Waals surface area (Å²) in [4.78, 5) is 23.1. The molecule has 0 spiro atoms. The molecule has 0 bridgehead atoms. The third kappa shape index (κ3) is 7.04. The minimum absolute atomic E-state index is 0.0816. The van der Waals surface area contributed by atoms with Crippen molar-refractivity contribution < 1.29 is 19.1 Å². The van der Waals surface area contributed by atoms with Gasteiger partial charge in [-0.15, -0.1) is 0 Å². The summed E-state index contributed by atoms with van der Waals surface area (Å²) in [5.41, 5.74) is 1.05. The van der Waals surface area contributed by atoms with Gasteiger partial charge in [0.1, 0.15) is 0 Å². The van der Waals surface area contributed by atoms with Gasteiger partial charge in [-0.05, 0) is 30.5 Å². The maximum atomic E-state index is 11.7. The molecule has 1 aromatic carbocycles. The molecule has 0 atom stereocenters. The lowest BCUT2D eigenvalue weighted by molar-refractivity contribution is -0.126.